The van der Waals surface area contributed by atoms with Gasteiger partial charge in [0.2, 0.25) is 0 Å². The molecular weight excluding hydrogens is 236 g/mol. The fourth-order valence-electron chi connectivity index (χ4n) is 1.20. The Balaban J connectivity index is 2.82. The molecule has 1 aromatic rings. The molecule has 94 valence electrons. The van der Waals surface area contributed by atoms with Crippen LogP contribution in [0.2, 0.25) is 0 Å². The van der Waals surface area contributed by atoms with E-state index in [1.54, 1.807) is 37.5 Å². The van der Waals surface area contributed by atoms with E-state index in [4.69, 9.17) is 14.9 Å². The zero-order chi connectivity index (χ0) is 13.5. The Morgan fingerprint density at radius 3 is 2.11 bits per heavy atom. The minimum atomic E-state index is -1.47. The van der Waals surface area contributed by atoms with Gasteiger partial charge < -0.3 is 14.9 Å². The smallest absolute Gasteiger partial charge is 0.343 e. The van der Waals surface area contributed by atoms with Crippen molar-refractivity contribution < 1.29 is 24.5 Å². The first-order valence-electron chi connectivity index (χ1n) is 5.03. The number of carboxylic acid groups (broad SMARTS) is 2. The third-order valence-corrected chi connectivity index (χ3v) is 2.13. The maximum atomic E-state index is 10.6. The Morgan fingerprint density at radius 1 is 1.11 bits per heavy atom. The van der Waals surface area contributed by atoms with Gasteiger partial charge in [-0.15, -0.1) is 0 Å². The molecule has 0 atom stereocenters. The van der Waals surface area contributed by atoms with Gasteiger partial charge in [0.15, 0.2) is 0 Å². The van der Waals surface area contributed by atoms with E-state index in [1.165, 1.54) is 6.08 Å². The van der Waals surface area contributed by atoms with Crippen molar-refractivity contribution in [2.75, 3.05) is 7.11 Å². The molecule has 0 amide bonds. The van der Waals surface area contributed by atoms with Gasteiger partial charge in [0.1, 0.15) is 11.3 Å². The van der Waals surface area contributed by atoms with Crippen LogP contribution in [0.25, 0.3) is 6.08 Å². The van der Waals surface area contributed by atoms with Gasteiger partial charge in [-0.25, -0.2) is 9.59 Å². The molecule has 0 fully saturated rings. The lowest BCUT2D eigenvalue weighted by molar-refractivity contribution is -0.140. The summed E-state index contributed by atoms with van der Waals surface area (Å²) in [5.41, 5.74) is 0.127. The first-order valence-corrected chi connectivity index (χ1v) is 5.03. The van der Waals surface area contributed by atoms with Gasteiger partial charge in [-0.1, -0.05) is 24.3 Å². The molecule has 0 saturated carbocycles. The molecule has 0 spiro atoms. The molecule has 0 saturated heterocycles. The molecule has 2 N–H and O–H groups in total. The average Bonchev–Trinajstić information content (AvgIpc) is 2.34. The number of aliphatic carboxylic acids is 2. The zero-order valence-corrected chi connectivity index (χ0v) is 9.66. The summed E-state index contributed by atoms with van der Waals surface area (Å²) in [6, 6.07) is 7.03. The van der Waals surface area contributed by atoms with Gasteiger partial charge in [0, 0.05) is 0 Å². The van der Waals surface area contributed by atoms with E-state index < -0.39 is 17.5 Å². The highest BCUT2D eigenvalue weighted by atomic mass is 16.5. The molecule has 0 aliphatic carbocycles. The molecular formula is C13H12O5. The fourth-order valence-corrected chi connectivity index (χ4v) is 1.20. The minimum Gasteiger partial charge on any atom is -0.497 e. The lowest BCUT2D eigenvalue weighted by Gasteiger charge is -1.98. The SMILES string of the molecule is COc1ccc(/C=C\C=C(C(=O)O)C(=O)O)cc1. The Bertz CT molecular complexity index is 481. The van der Waals surface area contributed by atoms with E-state index in [0.29, 0.717) is 5.75 Å². The second-order valence-electron chi connectivity index (χ2n) is 3.32. The van der Waals surface area contributed by atoms with Gasteiger partial charge >= 0.3 is 11.9 Å². The summed E-state index contributed by atoms with van der Waals surface area (Å²) in [4.78, 5) is 21.1. The van der Waals surface area contributed by atoms with Crippen LogP contribution in [0.1, 0.15) is 5.56 Å². The van der Waals surface area contributed by atoms with E-state index in [1.807, 2.05) is 0 Å². The Hall–Kier alpha value is -2.56. The minimum absolute atomic E-state index is 0.681. The molecule has 0 unspecified atom stereocenters. The molecule has 0 aromatic heterocycles. The van der Waals surface area contributed by atoms with Crippen molar-refractivity contribution in [3.63, 3.8) is 0 Å². The van der Waals surface area contributed by atoms with Crippen molar-refractivity contribution in [2.24, 2.45) is 0 Å². The Morgan fingerprint density at radius 2 is 1.67 bits per heavy atom. The van der Waals surface area contributed by atoms with Crippen LogP contribution in [-0.2, 0) is 9.59 Å². The molecule has 0 aliphatic heterocycles. The van der Waals surface area contributed by atoms with E-state index in [-0.39, 0.29) is 0 Å². The number of benzene rings is 1. The maximum absolute atomic E-state index is 10.6. The summed E-state index contributed by atoms with van der Waals surface area (Å²) in [5.74, 6) is -2.23. The quantitative estimate of drug-likeness (QED) is 0.359. The summed E-state index contributed by atoms with van der Waals surface area (Å²) in [6.07, 6.45) is 4.01. The highest BCUT2D eigenvalue weighted by Crippen LogP contribution is 2.12. The third-order valence-electron chi connectivity index (χ3n) is 2.13. The second-order valence-corrected chi connectivity index (χ2v) is 3.32. The summed E-state index contributed by atoms with van der Waals surface area (Å²) in [5, 5.41) is 17.2. The number of allylic oxidation sites excluding steroid dienone is 2. The number of hydrogen-bond donors (Lipinski definition) is 2. The number of carboxylic acids is 2. The van der Waals surface area contributed by atoms with Gasteiger partial charge in [0.05, 0.1) is 7.11 Å². The normalized spacial score (nSPS) is 10.1. The molecule has 0 radical (unpaired) electrons. The fraction of sp³-hybridized carbons (Fsp3) is 0.0769. The first-order chi connectivity index (χ1) is 8.54. The highest BCUT2D eigenvalue weighted by Gasteiger charge is 2.13. The van der Waals surface area contributed by atoms with Crippen LogP contribution >= 0.6 is 0 Å². The van der Waals surface area contributed by atoms with Crippen molar-refractivity contribution in [1.82, 2.24) is 0 Å². The highest BCUT2D eigenvalue weighted by molar-refractivity contribution is 6.12. The molecule has 18 heavy (non-hydrogen) atoms. The van der Waals surface area contributed by atoms with Gasteiger partial charge in [0.25, 0.3) is 0 Å². The second kappa shape index (κ2) is 6.24. The van der Waals surface area contributed by atoms with Crippen LogP contribution in [0, 0.1) is 0 Å². The maximum Gasteiger partial charge on any atom is 0.343 e. The molecule has 1 rings (SSSR count). The summed E-state index contributed by atoms with van der Waals surface area (Å²) < 4.78 is 4.98. The van der Waals surface area contributed by atoms with E-state index in [0.717, 1.165) is 11.6 Å². The van der Waals surface area contributed by atoms with Crippen molar-refractivity contribution >= 4 is 18.0 Å². The molecule has 5 heteroatoms. The topological polar surface area (TPSA) is 83.8 Å². The monoisotopic (exact) mass is 248 g/mol. The third kappa shape index (κ3) is 3.79. The Labute approximate surface area is 104 Å². The van der Waals surface area contributed by atoms with Crippen molar-refractivity contribution in [1.29, 1.82) is 0 Å². The lowest BCUT2D eigenvalue weighted by Crippen LogP contribution is -2.10. The summed E-state index contributed by atoms with van der Waals surface area (Å²) in [6.45, 7) is 0. The van der Waals surface area contributed by atoms with Crippen LogP contribution in [0.4, 0.5) is 0 Å². The van der Waals surface area contributed by atoms with Gasteiger partial charge in [-0.3, -0.25) is 0 Å². The average molecular weight is 248 g/mol. The first kappa shape index (κ1) is 13.5. The molecule has 0 heterocycles. The van der Waals surface area contributed by atoms with E-state index in [9.17, 15) is 9.59 Å². The van der Waals surface area contributed by atoms with E-state index >= 15 is 0 Å². The largest absolute Gasteiger partial charge is 0.497 e. The van der Waals surface area contributed by atoms with Crippen LogP contribution in [0.15, 0.2) is 42.0 Å². The standard InChI is InChI=1S/C13H12O5/c1-18-10-7-5-9(6-8-10)3-2-4-11(12(14)15)13(16)17/h2-8H,1H3,(H,14,15)(H,16,17)/b3-2-. The molecule has 1 aromatic carbocycles. The molecule has 0 aliphatic rings. The number of carbonyl (C=O) groups is 2. The zero-order valence-electron chi connectivity index (χ0n) is 9.66. The van der Waals surface area contributed by atoms with E-state index in [2.05, 4.69) is 0 Å². The molecule has 0 bridgehead atoms. The number of hydrogen-bond acceptors (Lipinski definition) is 3. The number of methoxy groups -OCH3 is 1. The summed E-state index contributed by atoms with van der Waals surface area (Å²) in [7, 11) is 1.56. The van der Waals surface area contributed by atoms with Crippen LogP contribution in [-0.4, -0.2) is 29.3 Å². The number of ether oxygens (including phenoxy) is 1. The van der Waals surface area contributed by atoms with Gasteiger partial charge in [-0.2, -0.15) is 0 Å². The van der Waals surface area contributed by atoms with Crippen molar-refractivity contribution in [3.05, 3.63) is 47.6 Å². The predicted molar refractivity (Wildman–Crippen MR) is 65.4 cm³/mol. The van der Waals surface area contributed by atoms with Crippen molar-refractivity contribution in [3.8, 4) is 5.75 Å². The van der Waals surface area contributed by atoms with Crippen LogP contribution in [0.5, 0.6) is 5.75 Å². The number of rotatable bonds is 5. The molecule has 5 nitrogen and oxygen atoms in total. The van der Waals surface area contributed by atoms with Crippen molar-refractivity contribution in [2.45, 2.75) is 0 Å². The lowest BCUT2D eigenvalue weighted by atomic mass is 10.2. The summed E-state index contributed by atoms with van der Waals surface area (Å²) >= 11 is 0. The predicted octanol–water partition coefficient (Wildman–Crippen LogP) is 1.80. The van der Waals surface area contributed by atoms with Gasteiger partial charge in [-0.05, 0) is 23.8 Å². The Kier molecular flexibility index (Phi) is 4.68. The van der Waals surface area contributed by atoms with Crippen LogP contribution < -0.4 is 4.74 Å². The van der Waals surface area contributed by atoms with Crippen LogP contribution in [0.3, 0.4) is 0 Å².